The van der Waals surface area contributed by atoms with Gasteiger partial charge in [-0.1, -0.05) is 18.2 Å². The number of nitrogens with zero attached hydrogens (tertiary/aromatic N) is 1. The van der Waals surface area contributed by atoms with Crippen LogP contribution in [0.2, 0.25) is 0 Å². The third-order valence-electron chi connectivity index (χ3n) is 3.31. The van der Waals surface area contributed by atoms with Crippen LogP contribution in [0.3, 0.4) is 0 Å². The van der Waals surface area contributed by atoms with Crippen LogP contribution in [0.25, 0.3) is 10.9 Å². The van der Waals surface area contributed by atoms with E-state index in [1.54, 1.807) is 12.1 Å². The first-order valence-corrected chi connectivity index (χ1v) is 7.44. The molecule has 1 fully saturated rings. The van der Waals surface area contributed by atoms with E-state index in [1.165, 1.54) is 0 Å². The van der Waals surface area contributed by atoms with Crippen LogP contribution in [0.4, 0.5) is 0 Å². The summed E-state index contributed by atoms with van der Waals surface area (Å²) in [6, 6.07) is 9.12. The Hall–Kier alpha value is -2.28. The summed E-state index contributed by atoms with van der Waals surface area (Å²) in [5.74, 6) is -1.66. The van der Waals surface area contributed by atoms with E-state index in [0.717, 1.165) is 5.39 Å². The first-order chi connectivity index (χ1) is 10.5. The molecule has 0 aliphatic carbocycles. The zero-order valence-electron chi connectivity index (χ0n) is 11.3. The molecule has 1 unspecified atom stereocenters. The highest BCUT2D eigenvalue weighted by Crippen LogP contribution is 2.23. The number of benzene rings is 1. The molecule has 1 aliphatic heterocycles. The third kappa shape index (κ3) is 2.85. The normalized spacial score (nSPS) is 18.1. The van der Waals surface area contributed by atoms with Gasteiger partial charge in [-0.2, -0.15) is 0 Å². The van der Waals surface area contributed by atoms with Gasteiger partial charge in [0.05, 0.1) is 9.99 Å². The number of piperidine rings is 1. The maximum atomic E-state index is 12.2. The maximum Gasteiger partial charge on any atom is 0.358 e. The number of esters is 1. The van der Waals surface area contributed by atoms with Crippen LogP contribution < -0.4 is 5.32 Å². The number of amides is 2. The second-order valence-corrected chi connectivity index (χ2v) is 5.71. The molecule has 2 aromatic rings. The average molecular weight is 363 g/mol. The van der Waals surface area contributed by atoms with Crippen molar-refractivity contribution in [2.75, 3.05) is 0 Å². The number of para-hydroxylation sites is 1. The van der Waals surface area contributed by atoms with Crippen LogP contribution >= 0.6 is 15.9 Å². The van der Waals surface area contributed by atoms with Gasteiger partial charge >= 0.3 is 5.97 Å². The second kappa shape index (κ2) is 5.84. The van der Waals surface area contributed by atoms with Crippen molar-refractivity contribution in [2.24, 2.45) is 0 Å². The number of fused-ring (bicyclic) bond motifs is 1. The average Bonchev–Trinajstić information content (AvgIpc) is 2.49. The summed E-state index contributed by atoms with van der Waals surface area (Å²) in [5.41, 5.74) is 0.754. The van der Waals surface area contributed by atoms with Gasteiger partial charge in [0.1, 0.15) is 0 Å². The van der Waals surface area contributed by atoms with Gasteiger partial charge in [-0.25, -0.2) is 9.78 Å². The Balaban J connectivity index is 1.84. The molecule has 22 heavy (non-hydrogen) atoms. The monoisotopic (exact) mass is 362 g/mol. The molecule has 1 N–H and O–H groups in total. The number of aromatic nitrogens is 1. The first-order valence-electron chi connectivity index (χ1n) is 6.64. The number of ether oxygens (including phenoxy) is 1. The van der Waals surface area contributed by atoms with Crippen LogP contribution in [0.1, 0.15) is 23.3 Å². The SMILES string of the molecule is O=C1CCC(OC(=O)c2nc3ccccc3cc2Br)C(=O)N1. The number of rotatable bonds is 2. The van der Waals surface area contributed by atoms with Gasteiger partial charge in [0.15, 0.2) is 11.8 Å². The van der Waals surface area contributed by atoms with E-state index < -0.39 is 18.0 Å². The minimum absolute atomic E-state index is 0.100. The molecule has 2 heterocycles. The molecule has 1 atom stereocenters. The van der Waals surface area contributed by atoms with E-state index >= 15 is 0 Å². The topological polar surface area (TPSA) is 85.4 Å². The van der Waals surface area contributed by atoms with E-state index in [9.17, 15) is 14.4 Å². The van der Waals surface area contributed by atoms with E-state index in [4.69, 9.17) is 4.74 Å². The standard InChI is InChI=1S/C15H11BrN2O4/c16-9-7-8-3-1-2-4-10(8)17-13(9)15(21)22-11-5-6-12(19)18-14(11)20/h1-4,7,11H,5-6H2,(H,18,19,20). The van der Waals surface area contributed by atoms with Crippen LogP contribution in [-0.4, -0.2) is 28.9 Å². The van der Waals surface area contributed by atoms with Crippen LogP contribution in [0.5, 0.6) is 0 Å². The molecule has 3 rings (SSSR count). The summed E-state index contributed by atoms with van der Waals surface area (Å²) in [6.07, 6.45) is -0.636. The molecule has 0 saturated carbocycles. The molecule has 6 nitrogen and oxygen atoms in total. The van der Waals surface area contributed by atoms with Gasteiger partial charge in [-0.05, 0) is 28.1 Å². The van der Waals surface area contributed by atoms with Crippen LogP contribution in [0.15, 0.2) is 34.8 Å². The number of nitrogens with one attached hydrogen (secondary N) is 1. The Morgan fingerprint density at radius 1 is 1.32 bits per heavy atom. The fourth-order valence-corrected chi connectivity index (χ4v) is 2.70. The minimum Gasteiger partial charge on any atom is -0.447 e. The molecule has 2 amide bonds. The molecule has 0 spiro atoms. The summed E-state index contributed by atoms with van der Waals surface area (Å²) in [6.45, 7) is 0. The zero-order valence-corrected chi connectivity index (χ0v) is 12.9. The maximum absolute atomic E-state index is 12.2. The summed E-state index contributed by atoms with van der Waals surface area (Å²) in [7, 11) is 0. The van der Waals surface area contributed by atoms with Crippen molar-refractivity contribution in [3.8, 4) is 0 Å². The van der Waals surface area contributed by atoms with E-state index in [2.05, 4.69) is 26.2 Å². The third-order valence-corrected chi connectivity index (χ3v) is 3.91. The highest BCUT2D eigenvalue weighted by molar-refractivity contribution is 9.10. The summed E-state index contributed by atoms with van der Waals surface area (Å²) in [4.78, 5) is 39.2. The lowest BCUT2D eigenvalue weighted by Gasteiger charge is -2.20. The number of hydrogen-bond donors (Lipinski definition) is 1. The van der Waals surface area contributed by atoms with Gasteiger partial charge < -0.3 is 4.74 Å². The number of halogens is 1. The summed E-state index contributed by atoms with van der Waals surface area (Å²) < 4.78 is 5.66. The molecule has 0 bridgehead atoms. The van der Waals surface area contributed by atoms with Crippen molar-refractivity contribution in [3.05, 3.63) is 40.5 Å². The Labute approximate surface area is 134 Å². The predicted octanol–water partition coefficient (Wildman–Crippen LogP) is 1.96. The molecule has 1 aliphatic rings. The van der Waals surface area contributed by atoms with Crippen molar-refractivity contribution < 1.29 is 19.1 Å². The quantitative estimate of drug-likeness (QED) is 0.651. The number of carbonyl (C=O) groups excluding carboxylic acids is 3. The Bertz CT molecular complexity index is 790. The molecule has 1 aromatic heterocycles. The van der Waals surface area contributed by atoms with Gasteiger partial charge in [0.25, 0.3) is 5.91 Å². The lowest BCUT2D eigenvalue weighted by atomic mass is 10.1. The lowest BCUT2D eigenvalue weighted by molar-refractivity contribution is -0.140. The van der Waals surface area contributed by atoms with E-state index in [-0.39, 0.29) is 24.4 Å². The highest BCUT2D eigenvalue weighted by Gasteiger charge is 2.31. The molecule has 7 heteroatoms. The van der Waals surface area contributed by atoms with Gasteiger partial charge in [0.2, 0.25) is 5.91 Å². The van der Waals surface area contributed by atoms with Crippen molar-refractivity contribution in [3.63, 3.8) is 0 Å². The first kappa shape index (κ1) is 14.6. The van der Waals surface area contributed by atoms with E-state index in [0.29, 0.717) is 9.99 Å². The van der Waals surface area contributed by atoms with Crippen molar-refractivity contribution >= 4 is 44.6 Å². The summed E-state index contributed by atoms with van der Waals surface area (Å²) >= 11 is 3.29. The zero-order chi connectivity index (χ0) is 15.7. The number of hydrogen-bond acceptors (Lipinski definition) is 5. The fraction of sp³-hybridized carbons (Fsp3) is 0.200. The van der Waals surface area contributed by atoms with Gasteiger partial charge in [0, 0.05) is 18.2 Å². The lowest BCUT2D eigenvalue weighted by Crippen LogP contribution is -2.45. The summed E-state index contributed by atoms with van der Waals surface area (Å²) in [5, 5.41) is 3.02. The Morgan fingerprint density at radius 3 is 2.86 bits per heavy atom. The number of carbonyl (C=O) groups is 3. The molecule has 1 aromatic carbocycles. The predicted molar refractivity (Wildman–Crippen MR) is 81.0 cm³/mol. The fourth-order valence-electron chi connectivity index (χ4n) is 2.20. The van der Waals surface area contributed by atoms with Crippen molar-refractivity contribution in [2.45, 2.75) is 18.9 Å². The highest BCUT2D eigenvalue weighted by atomic mass is 79.9. The second-order valence-electron chi connectivity index (χ2n) is 4.86. The van der Waals surface area contributed by atoms with Gasteiger partial charge in [-0.15, -0.1) is 0 Å². The number of pyridine rings is 1. The molecular formula is C15H11BrN2O4. The van der Waals surface area contributed by atoms with Gasteiger partial charge in [-0.3, -0.25) is 14.9 Å². The minimum atomic E-state index is -0.967. The Kier molecular flexibility index (Phi) is 3.89. The molecular weight excluding hydrogens is 352 g/mol. The van der Waals surface area contributed by atoms with Crippen LogP contribution in [0, 0.1) is 0 Å². The smallest absolute Gasteiger partial charge is 0.358 e. The van der Waals surface area contributed by atoms with Crippen molar-refractivity contribution in [1.82, 2.24) is 10.3 Å². The Morgan fingerprint density at radius 2 is 2.09 bits per heavy atom. The van der Waals surface area contributed by atoms with E-state index in [1.807, 2.05) is 18.2 Å². The molecule has 1 saturated heterocycles. The molecule has 112 valence electrons. The number of imide groups is 1. The molecule has 0 radical (unpaired) electrons. The largest absolute Gasteiger partial charge is 0.447 e. The van der Waals surface area contributed by atoms with Crippen LogP contribution in [-0.2, 0) is 14.3 Å². The van der Waals surface area contributed by atoms with Crippen molar-refractivity contribution in [1.29, 1.82) is 0 Å².